The predicted octanol–water partition coefficient (Wildman–Crippen LogP) is 7.50. The number of aromatic nitrogens is 2. The fourth-order valence-electron chi connectivity index (χ4n) is 4.05. The van der Waals surface area contributed by atoms with Crippen molar-refractivity contribution in [2.75, 3.05) is 0 Å². The molecule has 0 saturated heterocycles. The molecule has 0 bridgehead atoms. The number of rotatable bonds is 2. The molecule has 0 aliphatic heterocycles. The Bertz CT molecular complexity index is 1580. The molecule has 0 fully saturated rings. The van der Waals surface area contributed by atoms with Crippen molar-refractivity contribution < 1.29 is 26.3 Å². The Morgan fingerprint density at radius 3 is 1.61 bits per heavy atom. The van der Waals surface area contributed by atoms with E-state index >= 15 is 0 Å². The largest absolute Gasteiger partial charge is 0.416 e. The van der Waals surface area contributed by atoms with Gasteiger partial charge in [0.05, 0.1) is 33.3 Å². The Hall–Kier alpha value is -4.52. The van der Waals surface area contributed by atoms with Gasteiger partial charge in [-0.25, -0.2) is 9.97 Å². The standard InChI is InChI=1S/C26H12F6N4/c1-33-36-23-19-11-3-2-10-18(19)22-24(23)35-21(15-7-5-9-17(13-15)26(30,31)32)20(34-22)14-6-4-8-16(12-14)25(27,28)29/h2-13H/b36-23-. The molecule has 0 radical (unpaired) electrons. The highest BCUT2D eigenvalue weighted by Crippen LogP contribution is 2.41. The molecule has 10 heteroatoms. The van der Waals surface area contributed by atoms with Crippen molar-refractivity contribution in [2.45, 2.75) is 12.4 Å². The van der Waals surface area contributed by atoms with E-state index in [2.05, 4.69) is 20.0 Å². The molecule has 0 saturated carbocycles. The zero-order valence-electron chi connectivity index (χ0n) is 18.0. The second kappa shape index (κ2) is 8.30. The minimum Gasteiger partial charge on any atom is -0.243 e. The summed E-state index contributed by atoms with van der Waals surface area (Å²) >= 11 is 0. The summed E-state index contributed by atoms with van der Waals surface area (Å²) in [6, 6.07) is 15.5. The lowest BCUT2D eigenvalue weighted by Gasteiger charge is -2.14. The lowest BCUT2D eigenvalue weighted by atomic mass is 10.00. The average Bonchev–Trinajstić information content (AvgIpc) is 3.15. The van der Waals surface area contributed by atoms with Gasteiger partial charge in [0.25, 0.3) is 0 Å². The van der Waals surface area contributed by atoms with Crippen LogP contribution >= 0.6 is 0 Å². The summed E-state index contributed by atoms with van der Waals surface area (Å²) in [5.74, 6) is 0. The van der Waals surface area contributed by atoms with Crippen molar-refractivity contribution in [2.24, 2.45) is 5.10 Å². The van der Waals surface area contributed by atoms with E-state index in [0.717, 1.165) is 24.3 Å². The monoisotopic (exact) mass is 494 g/mol. The Labute approximate surface area is 200 Å². The van der Waals surface area contributed by atoms with E-state index < -0.39 is 23.5 Å². The van der Waals surface area contributed by atoms with Crippen molar-refractivity contribution in [3.8, 4) is 33.8 Å². The molecule has 36 heavy (non-hydrogen) atoms. The molecule has 0 unspecified atom stereocenters. The molecular formula is C26H12F6N4. The molecule has 1 heterocycles. The third kappa shape index (κ3) is 3.98. The lowest BCUT2D eigenvalue weighted by molar-refractivity contribution is -0.138. The van der Waals surface area contributed by atoms with Gasteiger partial charge >= 0.3 is 12.4 Å². The summed E-state index contributed by atoms with van der Waals surface area (Å²) in [6.07, 6.45) is -9.29. The third-order valence-electron chi connectivity index (χ3n) is 5.63. The van der Waals surface area contributed by atoms with Crippen molar-refractivity contribution in [3.05, 3.63) is 107 Å². The van der Waals surface area contributed by atoms with E-state index in [1.807, 2.05) is 0 Å². The Morgan fingerprint density at radius 1 is 0.611 bits per heavy atom. The molecule has 4 nitrogen and oxygen atoms in total. The molecule has 1 aliphatic rings. The van der Waals surface area contributed by atoms with Crippen molar-refractivity contribution in [1.29, 1.82) is 0 Å². The number of nitrogens with zero attached hydrogens (tertiary/aromatic N) is 4. The number of hydrogen-bond donors (Lipinski definition) is 0. The van der Waals surface area contributed by atoms with Crippen LogP contribution in [0, 0.1) is 6.57 Å². The fraction of sp³-hybridized carbons (Fsp3) is 0.0769. The maximum Gasteiger partial charge on any atom is 0.416 e. The van der Waals surface area contributed by atoms with Crippen LogP contribution in [0.1, 0.15) is 22.4 Å². The third-order valence-corrected chi connectivity index (χ3v) is 5.63. The lowest BCUT2D eigenvalue weighted by Crippen LogP contribution is -2.08. The SMILES string of the molecule is [C-]#[N+]/N=C1/c2ccccc2-c2nc(-c3cccc(C(F)(F)F)c3)c(-c3cccc(C(F)(F)F)c3)nc21. The van der Waals surface area contributed by atoms with Gasteiger partial charge in [-0.3, -0.25) is 0 Å². The molecule has 4 aromatic rings. The van der Waals surface area contributed by atoms with Gasteiger partial charge in [0, 0.05) is 22.3 Å². The van der Waals surface area contributed by atoms with Gasteiger partial charge in [-0.05, 0) is 24.3 Å². The van der Waals surface area contributed by atoms with Crippen LogP contribution in [0.25, 0.3) is 38.7 Å². The second-order valence-corrected chi connectivity index (χ2v) is 7.87. The van der Waals surface area contributed by atoms with E-state index in [-0.39, 0.29) is 39.6 Å². The van der Waals surface area contributed by atoms with Crippen LogP contribution in [0.4, 0.5) is 26.3 Å². The quantitative estimate of drug-likeness (QED) is 0.145. The van der Waals surface area contributed by atoms with Crippen molar-refractivity contribution >= 4 is 5.71 Å². The van der Waals surface area contributed by atoms with E-state index in [1.54, 1.807) is 24.3 Å². The van der Waals surface area contributed by atoms with E-state index in [0.29, 0.717) is 11.1 Å². The zero-order chi connectivity index (χ0) is 25.7. The second-order valence-electron chi connectivity index (χ2n) is 7.87. The fourth-order valence-corrected chi connectivity index (χ4v) is 4.05. The molecule has 1 aromatic heterocycles. The summed E-state index contributed by atoms with van der Waals surface area (Å²) in [5.41, 5.74) is -0.221. The molecule has 0 atom stereocenters. The Kier molecular flexibility index (Phi) is 5.36. The van der Waals surface area contributed by atoms with E-state index in [4.69, 9.17) is 6.57 Å². The first-order valence-electron chi connectivity index (χ1n) is 10.4. The zero-order valence-corrected chi connectivity index (χ0v) is 18.0. The number of alkyl halides is 6. The predicted molar refractivity (Wildman–Crippen MR) is 121 cm³/mol. The molecule has 3 aromatic carbocycles. The van der Waals surface area contributed by atoms with Gasteiger partial charge in [-0.15, -0.1) is 4.95 Å². The maximum atomic E-state index is 13.4. The van der Waals surface area contributed by atoms with Crippen LogP contribution in [-0.4, -0.2) is 15.7 Å². The van der Waals surface area contributed by atoms with Crippen molar-refractivity contribution in [1.82, 2.24) is 9.97 Å². The van der Waals surface area contributed by atoms with Crippen LogP contribution in [0.3, 0.4) is 0 Å². The van der Waals surface area contributed by atoms with Gasteiger partial charge in [-0.2, -0.15) is 32.9 Å². The first kappa shape index (κ1) is 23.2. The first-order chi connectivity index (χ1) is 17.1. The topological polar surface area (TPSA) is 42.5 Å². The smallest absolute Gasteiger partial charge is 0.243 e. The van der Waals surface area contributed by atoms with Gasteiger partial charge < -0.3 is 0 Å². The number of fused-ring (bicyclic) bond motifs is 3. The van der Waals surface area contributed by atoms with Crippen LogP contribution in [0.15, 0.2) is 77.9 Å². The molecule has 178 valence electrons. The maximum absolute atomic E-state index is 13.4. The van der Waals surface area contributed by atoms with Gasteiger partial charge in [0.15, 0.2) is 5.71 Å². The minimum absolute atomic E-state index is 0.00524. The number of hydrogen-bond acceptors (Lipinski definition) is 3. The molecule has 0 N–H and O–H groups in total. The van der Waals surface area contributed by atoms with Crippen molar-refractivity contribution in [3.63, 3.8) is 0 Å². The Morgan fingerprint density at radius 2 is 1.11 bits per heavy atom. The molecular weight excluding hydrogens is 482 g/mol. The summed E-state index contributed by atoms with van der Waals surface area (Å²) in [7, 11) is 0. The molecule has 5 rings (SSSR count). The summed E-state index contributed by atoms with van der Waals surface area (Å²) < 4.78 is 80.6. The summed E-state index contributed by atoms with van der Waals surface area (Å²) in [4.78, 5) is 12.2. The highest BCUT2D eigenvalue weighted by Gasteiger charge is 2.35. The van der Waals surface area contributed by atoms with Gasteiger partial charge in [0.2, 0.25) is 0 Å². The molecule has 1 aliphatic carbocycles. The first-order valence-corrected chi connectivity index (χ1v) is 10.4. The van der Waals surface area contributed by atoms with E-state index in [9.17, 15) is 26.3 Å². The van der Waals surface area contributed by atoms with Crippen LogP contribution in [0.2, 0.25) is 0 Å². The van der Waals surface area contributed by atoms with E-state index in [1.165, 1.54) is 24.3 Å². The van der Waals surface area contributed by atoms with Crippen LogP contribution < -0.4 is 0 Å². The normalized spacial score (nSPS) is 13.9. The molecule has 0 spiro atoms. The van der Waals surface area contributed by atoms with Gasteiger partial charge in [0.1, 0.15) is 5.69 Å². The highest BCUT2D eigenvalue weighted by molar-refractivity contribution is 6.23. The minimum atomic E-state index is -4.65. The highest BCUT2D eigenvalue weighted by atomic mass is 19.4. The summed E-state index contributed by atoms with van der Waals surface area (Å²) in [5, 5.41) is 3.82. The number of halogens is 6. The molecule has 0 amide bonds. The number of benzene rings is 3. The van der Waals surface area contributed by atoms with Crippen LogP contribution in [0.5, 0.6) is 0 Å². The van der Waals surface area contributed by atoms with Crippen LogP contribution in [-0.2, 0) is 12.4 Å². The Balaban J connectivity index is 1.83. The summed E-state index contributed by atoms with van der Waals surface area (Å²) in [6.45, 7) is 7.18. The van der Waals surface area contributed by atoms with Gasteiger partial charge in [-0.1, -0.05) is 48.5 Å². The average molecular weight is 494 g/mol.